The molecule has 0 aromatic carbocycles. The first kappa shape index (κ1) is 15.0. The van der Waals surface area contributed by atoms with E-state index in [-0.39, 0.29) is 16.9 Å². The molecule has 1 aromatic rings. The molecule has 1 atom stereocenters. The summed E-state index contributed by atoms with van der Waals surface area (Å²) in [6.07, 6.45) is 5.38. The van der Waals surface area contributed by atoms with E-state index in [1.54, 1.807) is 0 Å². The third kappa shape index (κ3) is 3.60. The summed E-state index contributed by atoms with van der Waals surface area (Å²) in [6, 6.07) is 0. The zero-order chi connectivity index (χ0) is 14.8. The van der Waals surface area contributed by atoms with Crippen molar-refractivity contribution >= 4 is 5.91 Å². The molecular weight excluding hydrogens is 252 g/mol. The van der Waals surface area contributed by atoms with Crippen molar-refractivity contribution in [3.8, 4) is 0 Å². The topological polar surface area (TPSA) is 59.0 Å². The van der Waals surface area contributed by atoms with E-state index in [9.17, 15) is 4.79 Å². The summed E-state index contributed by atoms with van der Waals surface area (Å²) in [6.45, 7) is 11.0. The fourth-order valence-electron chi connectivity index (χ4n) is 2.74. The van der Waals surface area contributed by atoms with E-state index in [1.807, 2.05) is 33.3 Å². The van der Waals surface area contributed by atoms with Gasteiger partial charge in [-0.3, -0.25) is 4.79 Å². The normalized spacial score (nSPS) is 23.0. The number of carbonyl (C=O) groups is 1. The highest BCUT2D eigenvalue weighted by molar-refractivity contribution is 5.76. The van der Waals surface area contributed by atoms with Gasteiger partial charge in [-0.05, 0) is 33.7 Å². The predicted octanol–water partition coefficient (Wildman–Crippen LogP) is 1.44. The third-order valence-electron chi connectivity index (χ3n) is 3.79. The van der Waals surface area contributed by atoms with Crippen molar-refractivity contribution in [2.24, 2.45) is 0 Å². The standard InChI is InChI=1S/C15H26N4O/c1-14(2,3)18-13(20)5-8-19-11-17-9-12(19)15(4)6-7-16-10-15/h9,11,16H,5-8,10H2,1-4H3,(H,18,20). The SMILES string of the molecule is CC(C)(C)NC(=O)CCn1cncc1C1(C)CCNC1. The molecule has 0 saturated carbocycles. The molecule has 5 heteroatoms. The molecule has 1 amide bonds. The summed E-state index contributed by atoms with van der Waals surface area (Å²) in [5, 5.41) is 6.40. The average Bonchev–Trinajstić information content (AvgIpc) is 2.93. The minimum absolute atomic E-state index is 0.0897. The van der Waals surface area contributed by atoms with Gasteiger partial charge in [0.2, 0.25) is 5.91 Å². The number of aryl methyl sites for hydroxylation is 1. The Kier molecular flexibility index (Phi) is 4.18. The second-order valence-corrected chi connectivity index (χ2v) is 7.01. The van der Waals surface area contributed by atoms with Crippen molar-refractivity contribution in [1.29, 1.82) is 0 Å². The van der Waals surface area contributed by atoms with Crippen molar-refractivity contribution in [3.05, 3.63) is 18.2 Å². The van der Waals surface area contributed by atoms with Crippen LogP contribution in [0.15, 0.2) is 12.5 Å². The van der Waals surface area contributed by atoms with Crippen LogP contribution in [0.5, 0.6) is 0 Å². The van der Waals surface area contributed by atoms with E-state index in [2.05, 4.69) is 27.1 Å². The molecule has 1 saturated heterocycles. The molecule has 1 fully saturated rings. The number of aromatic nitrogens is 2. The molecule has 2 rings (SSSR count). The number of rotatable bonds is 4. The fraction of sp³-hybridized carbons (Fsp3) is 0.733. The zero-order valence-corrected chi connectivity index (χ0v) is 13.0. The summed E-state index contributed by atoms with van der Waals surface area (Å²) in [5.74, 6) is 0.0897. The monoisotopic (exact) mass is 278 g/mol. The lowest BCUT2D eigenvalue weighted by Crippen LogP contribution is -2.41. The van der Waals surface area contributed by atoms with Crippen molar-refractivity contribution in [2.45, 2.75) is 58.0 Å². The third-order valence-corrected chi connectivity index (χ3v) is 3.79. The number of nitrogens with one attached hydrogen (secondary N) is 2. The minimum Gasteiger partial charge on any atom is -0.351 e. The summed E-state index contributed by atoms with van der Waals surface area (Å²) in [7, 11) is 0. The van der Waals surface area contributed by atoms with Gasteiger partial charge >= 0.3 is 0 Å². The average molecular weight is 278 g/mol. The van der Waals surface area contributed by atoms with Gasteiger partial charge in [0.1, 0.15) is 0 Å². The van der Waals surface area contributed by atoms with Gasteiger partial charge in [0, 0.05) is 42.4 Å². The molecule has 0 bridgehead atoms. The second-order valence-electron chi connectivity index (χ2n) is 7.01. The van der Waals surface area contributed by atoms with Crippen molar-refractivity contribution in [3.63, 3.8) is 0 Å². The lowest BCUT2D eigenvalue weighted by Gasteiger charge is -2.25. The first-order chi connectivity index (χ1) is 9.30. The van der Waals surface area contributed by atoms with Crippen LogP contribution in [0.3, 0.4) is 0 Å². The first-order valence-corrected chi connectivity index (χ1v) is 7.32. The lowest BCUT2D eigenvalue weighted by molar-refractivity contribution is -0.122. The van der Waals surface area contributed by atoms with Crippen LogP contribution in [0.25, 0.3) is 0 Å². The molecular formula is C15H26N4O. The predicted molar refractivity (Wildman–Crippen MR) is 79.6 cm³/mol. The highest BCUT2D eigenvalue weighted by Gasteiger charge is 2.33. The number of imidazole rings is 1. The maximum atomic E-state index is 11.9. The Morgan fingerprint density at radius 3 is 2.90 bits per heavy atom. The van der Waals surface area contributed by atoms with Crippen molar-refractivity contribution in [1.82, 2.24) is 20.2 Å². The van der Waals surface area contributed by atoms with Gasteiger partial charge < -0.3 is 15.2 Å². The quantitative estimate of drug-likeness (QED) is 0.876. The zero-order valence-electron chi connectivity index (χ0n) is 13.0. The molecule has 1 aliphatic rings. The van der Waals surface area contributed by atoms with E-state index < -0.39 is 0 Å². The van der Waals surface area contributed by atoms with Gasteiger partial charge in [-0.2, -0.15) is 0 Å². The first-order valence-electron chi connectivity index (χ1n) is 7.32. The molecule has 20 heavy (non-hydrogen) atoms. The van der Waals surface area contributed by atoms with Gasteiger partial charge in [0.15, 0.2) is 0 Å². The Labute approximate surface area is 121 Å². The number of hydrogen-bond donors (Lipinski definition) is 2. The number of nitrogens with zero attached hydrogens (tertiary/aromatic N) is 2. The molecule has 0 spiro atoms. The van der Waals surface area contributed by atoms with Gasteiger partial charge in [0.25, 0.3) is 0 Å². The molecule has 112 valence electrons. The Bertz CT molecular complexity index is 466. The molecule has 0 radical (unpaired) electrons. The second kappa shape index (κ2) is 5.56. The Morgan fingerprint density at radius 2 is 2.30 bits per heavy atom. The number of hydrogen-bond acceptors (Lipinski definition) is 3. The van der Waals surface area contributed by atoms with Gasteiger partial charge in [-0.15, -0.1) is 0 Å². The van der Waals surface area contributed by atoms with E-state index in [0.29, 0.717) is 13.0 Å². The highest BCUT2D eigenvalue weighted by Crippen LogP contribution is 2.29. The van der Waals surface area contributed by atoms with E-state index in [4.69, 9.17) is 0 Å². The lowest BCUT2D eigenvalue weighted by atomic mass is 9.86. The maximum Gasteiger partial charge on any atom is 0.222 e. The minimum atomic E-state index is -0.170. The smallest absolute Gasteiger partial charge is 0.222 e. The van der Waals surface area contributed by atoms with E-state index in [0.717, 1.165) is 19.5 Å². The fourth-order valence-corrected chi connectivity index (χ4v) is 2.74. The molecule has 5 nitrogen and oxygen atoms in total. The largest absolute Gasteiger partial charge is 0.351 e. The van der Waals surface area contributed by atoms with Crippen LogP contribution in [0.2, 0.25) is 0 Å². The highest BCUT2D eigenvalue weighted by atomic mass is 16.1. The van der Waals surface area contributed by atoms with Crippen molar-refractivity contribution in [2.75, 3.05) is 13.1 Å². The van der Waals surface area contributed by atoms with Crippen LogP contribution in [-0.2, 0) is 16.8 Å². The maximum absolute atomic E-state index is 11.9. The van der Waals surface area contributed by atoms with Crippen LogP contribution in [0.4, 0.5) is 0 Å². The number of carbonyl (C=O) groups excluding carboxylic acids is 1. The van der Waals surface area contributed by atoms with Gasteiger partial charge in [-0.25, -0.2) is 4.98 Å². The van der Waals surface area contributed by atoms with Crippen LogP contribution in [0, 0.1) is 0 Å². The molecule has 2 N–H and O–H groups in total. The summed E-state index contributed by atoms with van der Waals surface area (Å²) >= 11 is 0. The van der Waals surface area contributed by atoms with Crippen molar-refractivity contribution < 1.29 is 4.79 Å². The van der Waals surface area contributed by atoms with Crippen LogP contribution in [-0.4, -0.2) is 34.1 Å². The van der Waals surface area contributed by atoms with Gasteiger partial charge in [0.05, 0.1) is 6.33 Å². The molecule has 2 heterocycles. The van der Waals surface area contributed by atoms with Crippen LogP contribution >= 0.6 is 0 Å². The van der Waals surface area contributed by atoms with Crippen LogP contribution < -0.4 is 10.6 Å². The number of amides is 1. The van der Waals surface area contributed by atoms with Crippen LogP contribution in [0.1, 0.15) is 46.2 Å². The van der Waals surface area contributed by atoms with E-state index in [1.165, 1.54) is 5.69 Å². The Balaban J connectivity index is 1.98. The molecule has 0 aliphatic carbocycles. The molecule has 1 aromatic heterocycles. The summed E-state index contributed by atoms with van der Waals surface area (Å²) in [4.78, 5) is 16.2. The molecule has 1 aliphatic heterocycles. The Morgan fingerprint density at radius 1 is 1.55 bits per heavy atom. The Hall–Kier alpha value is -1.36. The summed E-state index contributed by atoms with van der Waals surface area (Å²) < 4.78 is 2.12. The van der Waals surface area contributed by atoms with E-state index >= 15 is 0 Å². The summed E-state index contributed by atoms with van der Waals surface area (Å²) in [5.41, 5.74) is 1.19. The van der Waals surface area contributed by atoms with Gasteiger partial charge in [-0.1, -0.05) is 6.92 Å². The molecule has 1 unspecified atom stereocenters.